The monoisotopic (exact) mass is 182 g/mol. The predicted octanol–water partition coefficient (Wildman–Crippen LogP) is 2.43. The van der Waals surface area contributed by atoms with Crippen LogP contribution in [-0.2, 0) is 0 Å². The average molecular weight is 183 g/mol. The number of hydrogen-bond acceptors (Lipinski definition) is 0. The molecule has 0 aromatic heterocycles. The summed E-state index contributed by atoms with van der Waals surface area (Å²) in [6.07, 6.45) is 7.59. The van der Waals surface area contributed by atoms with E-state index in [9.17, 15) is 0 Å². The quantitative estimate of drug-likeness (QED) is 0.506. The van der Waals surface area contributed by atoms with E-state index >= 15 is 0 Å². The van der Waals surface area contributed by atoms with Crippen LogP contribution in [0.25, 0.3) is 0 Å². The molecule has 2 heteroatoms. The van der Waals surface area contributed by atoms with Gasteiger partial charge in [0.1, 0.15) is 0 Å². The second-order valence-electron chi connectivity index (χ2n) is 1.81. The molecule has 1 heterocycles. The van der Waals surface area contributed by atoms with E-state index in [1.54, 1.807) is 0 Å². The van der Waals surface area contributed by atoms with Gasteiger partial charge in [-0.25, -0.2) is 0 Å². The minimum absolute atomic E-state index is 0. The number of halogens is 1. The number of hydrogen-bond donors (Lipinski definition) is 0. The van der Waals surface area contributed by atoms with Crippen molar-refractivity contribution in [2.45, 2.75) is 19.3 Å². The standard InChI is InChI=1S/C5H11P.BrH/c1-2-4-6-5-3-1;/h6H,1-5H2;1H. The lowest BCUT2D eigenvalue weighted by Crippen LogP contribution is -1.89. The molecule has 0 saturated carbocycles. The van der Waals surface area contributed by atoms with Gasteiger partial charge in [-0.2, -0.15) is 0 Å². The Morgan fingerprint density at radius 2 is 1.43 bits per heavy atom. The summed E-state index contributed by atoms with van der Waals surface area (Å²) < 4.78 is 0. The van der Waals surface area contributed by atoms with Crippen LogP contribution >= 0.6 is 25.6 Å². The summed E-state index contributed by atoms with van der Waals surface area (Å²) in [4.78, 5) is 0. The van der Waals surface area contributed by atoms with Crippen LogP contribution in [0.1, 0.15) is 19.3 Å². The molecule has 1 aliphatic rings. The molecule has 0 amide bonds. The lowest BCUT2D eigenvalue weighted by atomic mass is 10.3. The van der Waals surface area contributed by atoms with E-state index in [0.717, 1.165) is 0 Å². The first-order chi connectivity index (χ1) is 3.00. The Hall–Kier alpha value is 0.910. The smallest absolute Gasteiger partial charge is 0.0353 e. The van der Waals surface area contributed by atoms with Gasteiger partial charge in [0.05, 0.1) is 0 Å². The summed E-state index contributed by atoms with van der Waals surface area (Å²) in [6.45, 7) is 0. The second-order valence-corrected chi connectivity index (χ2v) is 3.31. The van der Waals surface area contributed by atoms with E-state index < -0.39 is 0 Å². The van der Waals surface area contributed by atoms with Gasteiger partial charge in [0.25, 0.3) is 0 Å². The summed E-state index contributed by atoms with van der Waals surface area (Å²) in [6, 6.07) is 0. The highest BCUT2D eigenvalue weighted by atomic mass is 79.9. The van der Waals surface area contributed by atoms with E-state index in [1.807, 2.05) is 0 Å². The molecule has 0 bridgehead atoms. The first kappa shape index (κ1) is 7.91. The van der Waals surface area contributed by atoms with Crippen LogP contribution in [0.4, 0.5) is 0 Å². The van der Waals surface area contributed by atoms with E-state index in [4.69, 9.17) is 0 Å². The fraction of sp³-hybridized carbons (Fsp3) is 1.00. The maximum absolute atomic E-state index is 1.53. The first-order valence-corrected chi connectivity index (χ1v) is 4.12. The van der Waals surface area contributed by atoms with E-state index in [1.165, 1.54) is 40.2 Å². The van der Waals surface area contributed by atoms with Gasteiger partial charge in [-0.3, -0.25) is 0 Å². The highest BCUT2D eigenvalue weighted by molar-refractivity contribution is 8.93. The van der Waals surface area contributed by atoms with Crippen molar-refractivity contribution in [2.75, 3.05) is 12.3 Å². The van der Waals surface area contributed by atoms with Gasteiger partial charge < -0.3 is 0 Å². The van der Waals surface area contributed by atoms with Crippen LogP contribution in [0, 0.1) is 0 Å². The molecule has 1 saturated heterocycles. The third-order valence-electron chi connectivity index (χ3n) is 1.21. The third-order valence-corrected chi connectivity index (χ3v) is 2.62. The molecule has 0 aromatic rings. The van der Waals surface area contributed by atoms with Crippen molar-refractivity contribution < 1.29 is 0 Å². The van der Waals surface area contributed by atoms with Crippen LogP contribution in [0.3, 0.4) is 0 Å². The van der Waals surface area contributed by atoms with Crippen molar-refractivity contribution in [2.24, 2.45) is 0 Å². The molecule has 0 aliphatic carbocycles. The Labute approximate surface area is 57.6 Å². The Morgan fingerprint density at radius 1 is 0.857 bits per heavy atom. The lowest BCUT2D eigenvalue weighted by molar-refractivity contribution is 0.759. The zero-order chi connectivity index (χ0) is 4.24. The van der Waals surface area contributed by atoms with Gasteiger partial charge >= 0.3 is 0 Å². The zero-order valence-electron chi connectivity index (χ0n) is 4.44. The van der Waals surface area contributed by atoms with Gasteiger partial charge in [-0.05, 0) is 25.2 Å². The first-order valence-electron chi connectivity index (χ1n) is 2.71. The Kier molecular flexibility index (Phi) is 5.71. The van der Waals surface area contributed by atoms with E-state index in [-0.39, 0.29) is 17.0 Å². The highest BCUT2D eigenvalue weighted by Crippen LogP contribution is 2.21. The van der Waals surface area contributed by atoms with E-state index in [0.29, 0.717) is 0 Å². The molecule has 0 nitrogen and oxygen atoms in total. The maximum atomic E-state index is 1.53. The predicted molar refractivity (Wildman–Crippen MR) is 42.2 cm³/mol. The van der Waals surface area contributed by atoms with Crippen LogP contribution in [0.15, 0.2) is 0 Å². The summed E-state index contributed by atoms with van der Waals surface area (Å²) >= 11 is 0. The molecule has 0 aromatic carbocycles. The Bertz CT molecular complexity index is 23.6. The van der Waals surface area contributed by atoms with Gasteiger partial charge in [-0.1, -0.05) is 6.42 Å². The van der Waals surface area contributed by atoms with Crippen LogP contribution < -0.4 is 0 Å². The minimum Gasteiger partial charge on any atom is -0.122 e. The van der Waals surface area contributed by atoms with Crippen molar-refractivity contribution >= 4 is 25.6 Å². The molecule has 7 heavy (non-hydrogen) atoms. The van der Waals surface area contributed by atoms with Gasteiger partial charge in [0, 0.05) is 0 Å². The summed E-state index contributed by atoms with van der Waals surface area (Å²) in [5.41, 5.74) is 0. The molecule has 44 valence electrons. The normalized spacial score (nSPS) is 20.6. The van der Waals surface area contributed by atoms with Crippen molar-refractivity contribution in [1.82, 2.24) is 0 Å². The minimum atomic E-state index is 0. The summed E-state index contributed by atoms with van der Waals surface area (Å²) in [5.74, 6) is 0. The van der Waals surface area contributed by atoms with Crippen molar-refractivity contribution in [3.05, 3.63) is 0 Å². The van der Waals surface area contributed by atoms with Gasteiger partial charge in [0.15, 0.2) is 0 Å². The van der Waals surface area contributed by atoms with Crippen molar-refractivity contribution in [3.8, 4) is 0 Å². The zero-order valence-corrected chi connectivity index (χ0v) is 7.16. The molecule has 0 unspecified atom stereocenters. The van der Waals surface area contributed by atoms with Crippen molar-refractivity contribution in [3.63, 3.8) is 0 Å². The molecule has 1 rings (SSSR count). The molecule has 0 spiro atoms. The lowest BCUT2D eigenvalue weighted by Gasteiger charge is -2.06. The third kappa shape index (κ3) is 3.49. The fourth-order valence-corrected chi connectivity index (χ4v) is 2.05. The summed E-state index contributed by atoms with van der Waals surface area (Å²) in [7, 11) is 1.30. The van der Waals surface area contributed by atoms with Gasteiger partial charge in [-0.15, -0.1) is 25.6 Å². The van der Waals surface area contributed by atoms with Crippen LogP contribution in [-0.4, -0.2) is 12.3 Å². The van der Waals surface area contributed by atoms with Crippen LogP contribution in [0.5, 0.6) is 0 Å². The topological polar surface area (TPSA) is 0 Å². The highest BCUT2D eigenvalue weighted by Gasteiger charge is 1.95. The summed E-state index contributed by atoms with van der Waals surface area (Å²) in [5, 5.41) is 0. The molecular formula is C5H12BrP. The molecule has 1 fully saturated rings. The molecule has 0 atom stereocenters. The maximum Gasteiger partial charge on any atom is -0.0353 e. The van der Waals surface area contributed by atoms with Gasteiger partial charge in [0.2, 0.25) is 0 Å². The average Bonchev–Trinajstić information content (AvgIpc) is 1.72. The number of rotatable bonds is 0. The largest absolute Gasteiger partial charge is 0.122 e. The Morgan fingerprint density at radius 3 is 1.57 bits per heavy atom. The van der Waals surface area contributed by atoms with E-state index in [2.05, 4.69) is 0 Å². The molecular weight excluding hydrogens is 171 g/mol. The second kappa shape index (κ2) is 5.05. The van der Waals surface area contributed by atoms with Crippen LogP contribution in [0.2, 0.25) is 0 Å². The molecule has 0 radical (unpaired) electrons. The fourth-order valence-electron chi connectivity index (χ4n) is 0.802. The molecule has 1 aliphatic heterocycles. The Balaban J connectivity index is 0.000000360. The SMILES string of the molecule is Br.C1CCPCC1. The van der Waals surface area contributed by atoms with Crippen molar-refractivity contribution in [1.29, 1.82) is 0 Å². The molecule has 0 N–H and O–H groups in total.